The second-order valence-electron chi connectivity index (χ2n) is 8.69. The Morgan fingerprint density at radius 3 is 2.81 bits per heavy atom. The number of nitrogens with zero attached hydrogens (tertiary/aromatic N) is 5. The minimum absolute atomic E-state index is 0.00397. The number of aromatic nitrogens is 4. The number of H-pyrrole nitrogens is 1. The van der Waals surface area contributed by atoms with E-state index in [9.17, 15) is 8.78 Å². The summed E-state index contributed by atoms with van der Waals surface area (Å²) in [7, 11) is 1.91. The molecule has 0 saturated heterocycles. The van der Waals surface area contributed by atoms with Crippen LogP contribution in [0.15, 0.2) is 36.3 Å². The van der Waals surface area contributed by atoms with Crippen molar-refractivity contribution in [3.63, 3.8) is 0 Å². The van der Waals surface area contributed by atoms with Crippen LogP contribution in [0.25, 0.3) is 10.9 Å². The molecule has 2 aliphatic rings. The third kappa shape index (κ3) is 3.97. The second-order valence-corrected chi connectivity index (χ2v) is 8.69. The molecule has 0 radical (unpaired) electrons. The van der Waals surface area contributed by atoms with Gasteiger partial charge in [-0.3, -0.25) is 5.10 Å². The van der Waals surface area contributed by atoms with Crippen molar-refractivity contribution >= 4 is 22.7 Å². The Kier molecular flexibility index (Phi) is 5.16. The van der Waals surface area contributed by atoms with Crippen molar-refractivity contribution in [1.29, 1.82) is 0 Å². The van der Waals surface area contributed by atoms with Crippen LogP contribution in [0.2, 0.25) is 0 Å². The lowest BCUT2D eigenvalue weighted by atomic mass is 10.1. The minimum Gasteiger partial charge on any atom is -0.347 e. The lowest BCUT2D eigenvalue weighted by Gasteiger charge is -2.28. The van der Waals surface area contributed by atoms with E-state index in [-0.39, 0.29) is 23.8 Å². The predicted molar refractivity (Wildman–Crippen MR) is 118 cm³/mol. The monoisotopic (exact) mass is 440 g/mol. The molecule has 0 spiro atoms. The molecule has 1 saturated carbocycles. The van der Waals surface area contributed by atoms with E-state index in [1.807, 2.05) is 30.8 Å². The fraction of sp³-hybridized carbons (Fsp3) is 0.409. The molecule has 32 heavy (non-hydrogen) atoms. The Morgan fingerprint density at radius 1 is 1.25 bits per heavy atom. The number of rotatable bonds is 7. The molecule has 1 aliphatic heterocycles. The third-order valence-electron chi connectivity index (χ3n) is 5.92. The zero-order valence-electron chi connectivity index (χ0n) is 18.2. The van der Waals surface area contributed by atoms with Gasteiger partial charge in [-0.15, -0.1) is 0 Å². The number of hydrogen-bond donors (Lipinski definition) is 3. The van der Waals surface area contributed by atoms with E-state index < -0.39 is 5.82 Å². The molecule has 2 aromatic heterocycles. The Hall–Kier alpha value is -3.27. The number of fused-ring (bicyclic) bond motifs is 1. The number of halogens is 2. The summed E-state index contributed by atoms with van der Waals surface area (Å²) in [5.41, 5.74) is 5.87. The first-order chi connectivity index (χ1) is 15.4. The van der Waals surface area contributed by atoms with Crippen molar-refractivity contribution in [2.45, 2.75) is 45.4 Å². The second kappa shape index (κ2) is 8.01. The smallest absolute Gasteiger partial charge is 0.228 e. The number of allylic oxidation sites excluding steroid dienone is 1. The molecule has 168 valence electrons. The van der Waals surface area contributed by atoms with Crippen LogP contribution in [0.3, 0.4) is 0 Å². The molecule has 0 amide bonds. The highest BCUT2D eigenvalue weighted by molar-refractivity contribution is 5.82. The van der Waals surface area contributed by atoms with Crippen LogP contribution in [-0.4, -0.2) is 44.4 Å². The van der Waals surface area contributed by atoms with Crippen LogP contribution in [0, 0.1) is 17.6 Å². The van der Waals surface area contributed by atoms with E-state index in [0.717, 1.165) is 10.9 Å². The number of nitrogens with one attached hydrogen (secondary N) is 3. The highest BCUT2D eigenvalue weighted by atomic mass is 19.1. The SMILES string of the molecule is CC(C)N(Cc1cc(F)cc2[nH]ncc12)c1ncc(F)c(NC2C=C(C3CC3)NN2C)n1. The van der Waals surface area contributed by atoms with Crippen LogP contribution in [-0.2, 0) is 6.54 Å². The van der Waals surface area contributed by atoms with Gasteiger partial charge in [0, 0.05) is 30.7 Å². The predicted octanol–water partition coefficient (Wildman–Crippen LogP) is 3.53. The average molecular weight is 441 g/mol. The van der Waals surface area contributed by atoms with Crippen molar-refractivity contribution in [1.82, 2.24) is 30.6 Å². The number of hydrazine groups is 1. The summed E-state index contributed by atoms with van der Waals surface area (Å²) in [6, 6.07) is 2.90. The quantitative estimate of drug-likeness (QED) is 0.518. The van der Waals surface area contributed by atoms with Crippen LogP contribution in [0.5, 0.6) is 0 Å². The highest BCUT2D eigenvalue weighted by Gasteiger charge is 2.33. The molecule has 5 rings (SSSR count). The van der Waals surface area contributed by atoms with Crippen molar-refractivity contribution < 1.29 is 8.78 Å². The molecule has 0 bridgehead atoms. The molecule has 8 nitrogen and oxygen atoms in total. The van der Waals surface area contributed by atoms with Crippen LogP contribution in [0.1, 0.15) is 32.3 Å². The summed E-state index contributed by atoms with van der Waals surface area (Å²) in [4.78, 5) is 10.6. The first-order valence-electron chi connectivity index (χ1n) is 10.8. The van der Waals surface area contributed by atoms with E-state index in [0.29, 0.717) is 23.9 Å². The normalized spacial score (nSPS) is 18.8. The summed E-state index contributed by atoms with van der Waals surface area (Å²) in [5, 5.41) is 12.7. The Balaban J connectivity index is 1.42. The fourth-order valence-electron chi connectivity index (χ4n) is 3.97. The van der Waals surface area contributed by atoms with Crippen molar-refractivity contribution in [2.24, 2.45) is 5.92 Å². The van der Waals surface area contributed by atoms with Crippen LogP contribution >= 0.6 is 0 Å². The molecule has 1 aromatic carbocycles. The lowest BCUT2D eigenvalue weighted by molar-refractivity contribution is 0.261. The van der Waals surface area contributed by atoms with Gasteiger partial charge in [0.1, 0.15) is 12.0 Å². The molecule has 1 aliphatic carbocycles. The zero-order chi connectivity index (χ0) is 22.4. The van der Waals surface area contributed by atoms with Gasteiger partial charge in [0.2, 0.25) is 5.95 Å². The van der Waals surface area contributed by atoms with E-state index >= 15 is 0 Å². The van der Waals surface area contributed by atoms with Gasteiger partial charge >= 0.3 is 0 Å². The van der Waals surface area contributed by atoms with Crippen LogP contribution in [0.4, 0.5) is 20.5 Å². The van der Waals surface area contributed by atoms with Gasteiger partial charge in [0.25, 0.3) is 0 Å². The molecule has 3 heterocycles. The number of benzene rings is 1. The van der Waals surface area contributed by atoms with E-state index in [2.05, 4.69) is 37.0 Å². The molecule has 3 N–H and O–H groups in total. The maximum atomic E-state index is 14.6. The Morgan fingerprint density at radius 2 is 2.06 bits per heavy atom. The summed E-state index contributed by atoms with van der Waals surface area (Å²) in [5.74, 6) is 0.183. The van der Waals surface area contributed by atoms with Gasteiger partial charge in [0.05, 0.1) is 17.9 Å². The lowest BCUT2D eigenvalue weighted by Crippen LogP contribution is -2.40. The average Bonchev–Trinajstić information content (AvgIpc) is 3.38. The van der Waals surface area contributed by atoms with Crippen molar-refractivity contribution in [3.05, 3.63) is 53.5 Å². The first kappa shape index (κ1) is 20.6. The summed E-state index contributed by atoms with van der Waals surface area (Å²) in [6.45, 7) is 4.34. The summed E-state index contributed by atoms with van der Waals surface area (Å²) < 4.78 is 28.7. The molecule has 3 aromatic rings. The fourth-order valence-corrected chi connectivity index (χ4v) is 3.97. The number of anilines is 2. The van der Waals surface area contributed by atoms with Crippen molar-refractivity contribution in [2.75, 3.05) is 17.3 Å². The molecule has 10 heteroatoms. The van der Waals surface area contributed by atoms with Gasteiger partial charge in [-0.2, -0.15) is 10.1 Å². The molecular formula is C22H26F2N8. The maximum Gasteiger partial charge on any atom is 0.228 e. The number of aromatic amines is 1. The van der Waals surface area contributed by atoms with E-state index in [4.69, 9.17) is 0 Å². The molecular weight excluding hydrogens is 414 g/mol. The highest BCUT2D eigenvalue weighted by Crippen LogP contribution is 2.37. The molecule has 1 unspecified atom stereocenters. The van der Waals surface area contributed by atoms with Gasteiger partial charge < -0.3 is 15.6 Å². The molecule has 1 atom stereocenters. The first-order valence-corrected chi connectivity index (χ1v) is 10.8. The van der Waals surface area contributed by atoms with Crippen molar-refractivity contribution in [3.8, 4) is 0 Å². The Labute approximate surface area is 184 Å². The largest absolute Gasteiger partial charge is 0.347 e. The summed E-state index contributed by atoms with van der Waals surface area (Å²) >= 11 is 0. The van der Waals surface area contributed by atoms with E-state index in [1.165, 1.54) is 36.9 Å². The van der Waals surface area contributed by atoms with Gasteiger partial charge in [-0.1, -0.05) is 0 Å². The standard InChI is InChI=1S/C22H26F2N8/c1-12(2)32(11-14-6-15(23)7-19-16(14)9-26-29-19)22-25-10-17(24)21(28-22)27-20-8-18(13-4-5-13)30-31(20)3/h6-10,12-13,20,30H,4-5,11H2,1-3H3,(H,26,29)(H,25,27,28). The maximum absolute atomic E-state index is 14.6. The third-order valence-corrected chi connectivity index (χ3v) is 5.92. The van der Waals surface area contributed by atoms with Gasteiger partial charge in [-0.25, -0.2) is 18.8 Å². The number of hydrogen-bond acceptors (Lipinski definition) is 7. The van der Waals surface area contributed by atoms with Crippen LogP contribution < -0.4 is 15.6 Å². The van der Waals surface area contributed by atoms with E-state index in [1.54, 1.807) is 6.20 Å². The zero-order valence-corrected chi connectivity index (χ0v) is 18.2. The molecule has 1 fully saturated rings. The van der Waals surface area contributed by atoms with Gasteiger partial charge in [0.15, 0.2) is 11.6 Å². The topological polar surface area (TPSA) is 85.0 Å². The minimum atomic E-state index is -0.526. The summed E-state index contributed by atoms with van der Waals surface area (Å²) in [6.07, 6.45) is 7.06. The Bertz CT molecular complexity index is 1170. The van der Waals surface area contributed by atoms with Gasteiger partial charge in [-0.05, 0) is 56.4 Å². The number of likely N-dealkylation sites (N-methyl/N-ethyl adjacent to an activating group) is 1.